The molecule has 0 aliphatic carbocycles. The molecule has 106 valence electrons. The van der Waals surface area contributed by atoms with E-state index in [1.54, 1.807) is 0 Å². The second-order valence-electron chi connectivity index (χ2n) is 6.17. The largest absolute Gasteiger partial charge is 0.396 e. The molecular weight excluding hydrogens is 256 g/mol. The minimum absolute atomic E-state index is 0.347. The normalized spacial score (nSPS) is 27.2. The third-order valence-electron chi connectivity index (χ3n) is 4.88. The van der Waals surface area contributed by atoms with Crippen molar-refractivity contribution in [2.75, 3.05) is 32.8 Å². The van der Waals surface area contributed by atoms with E-state index in [1.807, 2.05) is 11.3 Å². The summed E-state index contributed by atoms with van der Waals surface area (Å²) in [5, 5.41) is 13.2. The fourth-order valence-electron chi connectivity index (χ4n) is 3.80. The summed E-state index contributed by atoms with van der Waals surface area (Å²) in [4.78, 5) is 5.40. The number of nitrogens with zero attached hydrogens (tertiary/aromatic N) is 1. The lowest BCUT2D eigenvalue weighted by atomic mass is 9.71. The van der Waals surface area contributed by atoms with Crippen molar-refractivity contribution in [1.82, 2.24) is 10.2 Å². The van der Waals surface area contributed by atoms with Gasteiger partial charge in [-0.25, -0.2) is 0 Å². The monoisotopic (exact) mass is 280 g/mol. The van der Waals surface area contributed by atoms with Gasteiger partial charge in [-0.3, -0.25) is 4.90 Å². The first-order chi connectivity index (χ1) is 9.22. The van der Waals surface area contributed by atoms with Crippen molar-refractivity contribution in [1.29, 1.82) is 0 Å². The lowest BCUT2D eigenvalue weighted by molar-refractivity contribution is 0.0985. The molecule has 0 aromatic carbocycles. The van der Waals surface area contributed by atoms with E-state index in [4.69, 9.17) is 0 Å². The Kier molecular flexibility index (Phi) is 3.94. The number of aliphatic hydroxyl groups excluding tert-OH is 1. The average molecular weight is 280 g/mol. The van der Waals surface area contributed by atoms with Gasteiger partial charge in [-0.15, -0.1) is 11.3 Å². The summed E-state index contributed by atoms with van der Waals surface area (Å²) in [6, 6.07) is 4.46. The molecule has 0 bridgehead atoms. The van der Waals surface area contributed by atoms with Gasteiger partial charge in [0.15, 0.2) is 0 Å². The predicted octanol–water partition coefficient (Wildman–Crippen LogP) is 1.85. The van der Waals surface area contributed by atoms with Crippen LogP contribution in [0.25, 0.3) is 0 Å². The number of hydrogen-bond donors (Lipinski definition) is 2. The second-order valence-corrected chi connectivity index (χ2v) is 7.55. The van der Waals surface area contributed by atoms with Gasteiger partial charge in [-0.05, 0) is 50.4 Å². The molecule has 0 saturated carbocycles. The summed E-state index contributed by atoms with van der Waals surface area (Å²) < 4.78 is 0. The van der Waals surface area contributed by atoms with E-state index in [1.165, 1.54) is 22.6 Å². The van der Waals surface area contributed by atoms with Gasteiger partial charge in [-0.1, -0.05) is 0 Å². The van der Waals surface area contributed by atoms with E-state index >= 15 is 0 Å². The Labute approximate surface area is 119 Å². The van der Waals surface area contributed by atoms with Crippen molar-refractivity contribution in [2.45, 2.75) is 26.3 Å². The van der Waals surface area contributed by atoms with Crippen LogP contribution in [0.3, 0.4) is 0 Å². The summed E-state index contributed by atoms with van der Waals surface area (Å²) >= 11 is 1.90. The Balaban J connectivity index is 1.68. The highest BCUT2D eigenvalue weighted by Gasteiger charge is 2.46. The topological polar surface area (TPSA) is 35.5 Å². The standard InChI is InChI=1S/C15H24N2OS/c1-12-2-3-14(19-12)9-17-8-13(10-18)15(11-17)4-6-16-7-5-15/h2-3,13,16,18H,4-11H2,1H3. The summed E-state index contributed by atoms with van der Waals surface area (Å²) in [5.41, 5.74) is 0.367. The molecule has 2 N–H and O–H groups in total. The molecule has 2 saturated heterocycles. The maximum Gasteiger partial charge on any atom is 0.0477 e. The molecule has 2 aliphatic rings. The zero-order valence-electron chi connectivity index (χ0n) is 11.7. The summed E-state index contributed by atoms with van der Waals surface area (Å²) in [6.07, 6.45) is 2.44. The Morgan fingerprint density at radius 2 is 2.21 bits per heavy atom. The molecule has 19 heavy (non-hydrogen) atoms. The van der Waals surface area contributed by atoms with Crippen LogP contribution in [0.4, 0.5) is 0 Å². The van der Waals surface area contributed by atoms with Gasteiger partial charge in [0.2, 0.25) is 0 Å². The van der Waals surface area contributed by atoms with Crippen molar-refractivity contribution < 1.29 is 5.11 Å². The maximum absolute atomic E-state index is 9.73. The van der Waals surface area contributed by atoms with Gasteiger partial charge < -0.3 is 10.4 Å². The number of thiophene rings is 1. The van der Waals surface area contributed by atoms with E-state index in [-0.39, 0.29) is 0 Å². The van der Waals surface area contributed by atoms with E-state index < -0.39 is 0 Å². The maximum atomic E-state index is 9.73. The first-order valence-corrected chi connectivity index (χ1v) is 8.13. The van der Waals surface area contributed by atoms with Crippen molar-refractivity contribution >= 4 is 11.3 Å². The molecule has 3 nitrogen and oxygen atoms in total. The number of aryl methyl sites for hydroxylation is 1. The smallest absolute Gasteiger partial charge is 0.0477 e. The number of aliphatic hydroxyl groups is 1. The molecule has 3 rings (SSSR count). The summed E-state index contributed by atoms with van der Waals surface area (Å²) in [5.74, 6) is 0.468. The highest BCUT2D eigenvalue weighted by Crippen LogP contribution is 2.43. The van der Waals surface area contributed by atoms with Crippen LogP contribution >= 0.6 is 11.3 Å². The highest BCUT2D eigenvalue weighted by atomic mass is 32.1. The van der Waals surface area contributed by atoms with Crippen LogP contribution in [0, 0.1) is 18.3 Å². The van der Waals surface area contributed by atoms with Crippen LogP contribution in [0.2, 0.25) is 0 Å². The van der Waals surface area contributed by atoms with Crippen LogP contribution in [0.5, 0.6) is 0 Å². The Bertz CT molecular complexity index is 426. The summed E-state index contributed by atoms with van der Waals surface area (Å²) in [6.45, 7) is 8.03. The van der Waals surface area contributed by atoms with Crippen LogP contribution < -0.4 is 5.32 Å². The first-order valence-electron chi connectivity index (χ1n) is 7.31. The van der Waals surface area contributed by atoms with E-state index in [9.17, 15) is 5.11 Å². The molecule has 1 atom stereocenters. The van der Waals surface area contributed by atoms with E-state index in [0.29, 0.717) is 17.9 Å². The van der Waals surface area contributed by atoms with Gasteiger partial charge in [0, 0.05) is 41.9 Å². The van der Waals surface area contributed by atoms with Crippen LogP contribution in [0.1, 0.15) is 22.6 Å². The zero-order chi connectivity index (χ0) is 13.3. The fourth-order valence-corrected chi connectivity index (χ4v) is 4.73. The molecule has 1 aromatic heterocycles. The lowest BCUT2D eigenvalue weighted by Crippen LogP contribution is -2.42. The molecule has 2 aliphatic heterocycles. The summed E-state index contributed by atoms with van der Waals surface area (Å²) in [7, 11) is 0. The number of piperidine rings is 1. The zero-order valence-corrected chi connectivity index (χ0v) is 12.5. The molecule has 3 heterocycles. The molecule has 0 radical (unpaired) electrons. The SMILES string of the molecule is Cc1ccc(CN2CC(CO)C3(CCNCC3)C2)s1. The van der Waals surface area contributed by atoms with Crippen molar-refractivity contribution in [3.05, 3.63) is 21.9 Å². The second kappa shape index (κ2) is 5.52. The highest BCUT2D eigenvalue weighted by molar-refractivity contribution is 7.11. The molecule has 4 heteroatoms. The molecular formula is C15H24N2OS. The number of nitrogens with one attached hydrogen (secondary N) is 1. The van der Waals surface area contributed by atoms with Crippen molar-refractivity contribution in [2.24, 2.45) is 11.3 Å². The Morgan fingerprint density at radius 3 is 2.84 bits per heavy atom. The lowest BCUT2D eigenvalue weighted by Gasteiger charge is -2.38. The van der Waals surface area contributed by atoms with E-state index in [2.05, 4.69) is 29.3 Å². The molecule has 1 aromatic rings. The van der Waals surface area contributed by atoms with Crippen molar-refractivity contribution in [3.8, 4) is 0 Å². The van der Waals surface area contributed by atoms with Gasteiger partial charge in [0.1, 0.15) is 0 Å². The van der Waals surface area contributed by atoms with Crippen LogP contribution in [0.15, 0.2) is 12.1 Å². The molecule has 1 spiro atoms. The van der Waals surface area contributed by atoms with Crippen molar-refractivity contribution in [3.63, 3.8) is 0 Å². The quantitative estimate of drug-likeness (QED) is 0.887. The van der Waals surface area contributed by atoms with Gasteiger partial charge in [0.25, 0.3) is 0 Å². The van der Waals surface area contributed by atoms with E-state index in [0.717, 1.165) is 32.7 Å². The number of likely N-dealkylation sites (tertiary alicyclic amines) is 1. The Hall–Kier alpha value is -0.420. The minimum atomic E-state index is 0.347. The molecule has 0 amide bonds. The minimum Gasteiger partial charge on any atom is -0.396 e. The third kappa shape index (κ3) is 2.72. The predicted molar refractivity (Wildman–Crippen MR) is 79.4 cm³/mol. The first kappa shape index (κ1) is 13.6. The van der Waals surface area contributed by atoms with Gasteiger partial charge in [-0.2, -0.15) is 0 Å². The van der Waals surface area contributed by atoms with Crippen LogP contribution in [-0.4, -0.2) is 42.8 Å². The average Bonchev–Trinajstić information content (AvgIpc) is 2.95. The number of rotatable bonds is 3. The third-order valence-corrected chi connectivity index (χ3v) is 5.86. The van der Waals surface area contributed by atoms with Gasteiger partial charge in [0.05, 0.1) is 0 Å². The number of hydrogen-bond acceptors (Lipinski definition) is 4. The Morgan fingerprint density at radius 1 is 1.42 bits per heavy atom. The molecule has 2 fully saturated rings. The van der Waals surface area contributed by atoms with Crippen LogP contribution in [-0.2, 0) is 6.54 Å². The fraction of sp³-hybridized carbons (Fsp3) is 0.733. The molecule has 1 unspecified atom stereocenters. The van der Waals surface area contributed by atoms with Gasteiger partial charge >= 0.3 is 0 Å².